The number of hydrogen-bond acceptors (Lipinski definition) is 2. The lowest BCUT2D eigenvalue weighted by atomic mass is 9.95. The molecule has 2 rings (SSSR count). The van der Waals surface area contributed by atoms with E-state index in [0.29, 0.717) is 6.42 Å². The molecule has 0 saturated heterocycles. The minimum absolute atomic E-state index is 0.380. The third kappa shape index (κ3) is 1.45. The van der Waals surface area contributed by atoms with Crippen LogP contribution in [0.3, 0.4) is 0 Å². The topological polar surface area (TPSA) is 29.5 Å². The molecule has 1 aliphatic carbocycles. The molecule has 1 aliphatic rings. The first-order valence-electron chi connectivity index (χ1n) is 4.34. The number of hydrogen-bond donors (Lipinski definition) is 1. The molecule has 1 N–H and O–H groups in total. The lowest BCUT2D eigenvalue weighted by Crippen LogP contribution is -2.02. The highest BCUT2D eigenvalue weighted by atomic mass is 16.5. The molecule has 1 atom stereocenters. The van der Waals surface area contributed by atoms with Crippen LogP contribution in [0.15, 0.2) is 24.3 Å². The first-order chi connectivity index (χ1) is 6.31. The fourth-order valence-electron chi connectivity index (χ4n) is 1.57. The Kier molecular flexibility index (Phi) is 2.07. The molecule has 0 radical (unpaired) electrons. The summed E-state index contributed by atoms with van der Waals surface area (Å²) in [6, 6.07) is 5.76. The van der Waals surface area contributed by atoms with Crippen molar-refractivity contribution in [3.8, 4) is 5.75 Å². The monoisotopic (exact) mass is 176 g/mol. The standard InChI is InChI=1S/C11H12O2/c1-13-9-6-5-8-3-2-4-11(12)10(8)7-9/h2-3,5-7,11-12H,4H2,1H3. The van der Waals surface area contributed by atoms with E-state index in [1.807, 2.05) is 30.4 Å². The number of methoxy groups -OCH3 is 1. The molecule has 0 amide bonds. The molecular formula is C11H12O2. The quantitative estimate of drug-likeness (QED) is 0.710. The van der Waals surface area contributed by atoms with Gasteiger partial charge in [-0.25, -0.2) is 0 Å². The van der Waals surface area contributed by atoms with Crippen molar-refractivity contribution in [1.82, 2.24) is 0 Å². The normalized spacial score (nSPS) is 19.7. The molecular weight excluding hydrogens is 164 g/mol. The van der Waals surface area contributed by atoms with Gasteiger partial charge in [0.05, 0.1) is 13.2 Å². The van der Waals surface area contributed by atoms with Crippen molar-refractivity contribution < 1.29 is 9.84 Å². The van der Waals surface area contributed by atoms with E-state index in [1.54, 1.807) is 7.11 Å². The lowest BCUT2D eigenvalue weighted by molar-refractivity contribution is 0.179. The molecule has 0 heterocycles. The van der Waals surface area contributed by atoms with Gasteiger partial charge in [0.1, 0.15) is 5.75 Å². The van der Waals surface area contributed by atoms with E-state index >= 15 is 0 Å². The predicted molar refractivity (Wildman–Crippen MR) is 51.6 cm³/mol. The van der Waals surface area contributed by atoms with E-state index < -0.39 is 0 Å². The number of aliphatic hydroxyl groups excluding tert-OH is 1. The fraction of sp³-hybridized carbons (Fsp3) is 0.273. The van der Waals surface area contributed by atoms with Gasteiger partial charge in [-0.2, -0.15) is 0 Å². The van der Waals surface area contributed by atoms with E-state index in [-0.39, 0.29) is 6.10 Å². The van der Waals surface area contributed by atoms with E-state index in [1.165, 1.54) is 0 Å². The summed E-state index contributed by atoms with van der Waals surface area (Å²) in [7, 11) is 1.63. The largest absolute Gasteiger partial charge is 0.497 e. The Morgan fingerprint density at radius 3 is 3.08 bits per heavy atom. The van der Waals surface area contributed by atoms with Gasteiger partial charge in [-0.15, -0.1) is 0 Å². The minimum Gasteiger partial charge on any atom is -0.497 e. The summed E-state index contributed by atoms with van der Waals surface area (Å²) in [6.45, 7) is 0. The highest BCUT2D eigenvalue weighted by molar-refractivity contribution is 5.58. The number of rotatable bonds is 1. The highest BCUT2D eigenvalue weighted by Gasteiger charge is 2.14. The Morgan fingerprint density at radius 2 is 2.31 bits per heavy atom. The van der Waals surface area contributed by atoms with Gasteiger partial charge < -0.3 is 9.84 Å². The predicted octanol–water partition coefficient (Wildman–Crippen LogP) is 2.15. The van der Waals surface area contributed by atoms with Crippen LogP contribution in [0.1, 0.15) is 23.7 Å². The maximum atomic E-state index is 9.67. The Balaban J connectivity index is 2.48. The van der Waals surface area contributed by atoms with Crippen molar-refractivity contribution >= 4 is 6.08 Å². The third-order valence-corrected chi connectivity index (χ3v) is 2.31. The van der Waals surface area contributed by atoms with Gasteiger partial charge in [0.15, 0.2) is 0 Å². The molecule has 0 bridgehead atoms. The Labute approximate surface area is 77.5 Å². The van der Waals surface area contributed by atoms with Crippen LogP contribution in [-0.4, -0.2) is 12.2 Å². The minimum atomic E-state index is -0.380. The summed E-state index contributed by atoms with van der Waals surface area (Å²) >= 11 is 0. The second-order valence-electron chi connectivity index (χ2n) is 3.15. The van der Waals surface area contributed by atoms with Gasteiger partial charge in [0.25, 0.3) is 0 Å². The van der Waals surface area contributed by atoms with Gasteiger partial charge >= 0.3 is 0 Å². The van der Waals surface area contributed by atoms with Crippen LogP contribution >= 0.6 is 0 Å². The molecule has 0 aromatic heterocycles. The van der Waals surface area contributed by atoms with Crippen molar-refractivity contribution in [2.75, 3.05) is 7.11 Å². The van der Waals surface area contributed by atoms with Crippen molar-refractivity contribution in [3.63, 3.8) is 0 Å². The zero-order valence-electron chi connectivity index (χ0n) is 7.53. The van der Waals surface area contributed by atoms with Gasteiger partial charge in [-0.3, -0.25) is 0 Å². The smallest absolute Gasteiger partial charge is 0.119 e. The van der Waals surface area contributed by atoms with Gasteiger partial charge in [0.2, 0.25) is 0 Å². The molecule has 1 aromatic carbocycles. The van der Waals surface area contributed by atoms with E-state index in [2.05, 4.69) is 0 Å². The Bertz CT molecular complexity index is 342. The number of aliphatic hydroxyl groups is 1. The summed E-state index contributed by atoms with van der Waals surface area (Å²) in [5.41, 5.74) is 2.04. The van der Waals surface area contributed by atoms with Crippen LogP contribution in [0.25, 0.3) is 6.08 Å². The molecule has 0 saturated carbocycles. The number of fused-ring (bicyclic) bond motifs is 1. The average Bonchev–Trinajstić information content (AvgIpc) is 2.18. The summed E-state index contributed by atoms with van der Waals surface area (Å²) in [4.78, 5) is 0. The van der Waals surface area contributed by atoms with Crippen LogP contribution in [0.4, 0.5) is 0 Å². The lowest BCUT2D eigenvalue weighted by Gasteiger charge is -2.17. The van der Waals surface area contributed by atoms with Crippen LogP contribution in [0.2, 0.25) is 0 Å². The summed E-state index contributed by atoms with van der Waals surface area (Å²) in [6.07, 6.45) is 4.33. The van der Waals surface area contributed by atoms with Crippen LogP contribution in [0, 0.1) is 0 Å². The van der Waals surface area contributed by atoms with Gasteiger partial charge in [-0.05, 0) is 29.7 Å². The SMILES string of the molecule is COc1ccc2c(c1)C(O)CC=C2. The highest BCUT2D eigenvalue weighted by Crippen LogP contribution is 2.30. The second-order valence-corrected chi connectivity index (χ2v) is 3.15. The number of ether oxygens (including phenoxy) is 1. The van der Waals surface area contributed by atoms with E-state index in [9.17, 15) is 5.11 Å². The van der Waals surface area contributed by atoms with Gasteiger partial charge in [0, 0.05) is 0 Å². The van der Waals surface area contributed by atoms with E-state index in [0.717, 1.165) is 16.9 Å². The molecule has 1 unspecified atom stereocenters. The van der Waals surface area contributed by atoms with Crippen LogP contribution in [-0.2, 0) is 0 Å². The van der Waals surface area contributed by atoms with E-state index in [4.69, 9.17) is 4.74 Å². The first kappa shape index (κ1) is 8.32. The molecule has 13 heavy (non-hydrogen) atoms. The average molecular weight is 176 g/mol. The first-order valence-corrected chi connectivity index (χ1v) is 4.34. The molecule has 0 spiro atoms. The molecule has 68 valence electrons. The Morgan fingerprint density at radius 1 is 1.46 bits per heavy atom. The van der Waals surface area contributed by atoms with Crippen molar-refractivity contribution in [2.24, 2.45) is 0 Å². The maximum Gasteiger partial charge on any atom is 0.119 e. The van der Waals surface area contributed by atoms with Gasteiger partial charge in [-0.1, -0.05) is 18.2 Å². The van der Waals surface area contributed by atoms with Crippen molar-refractivity contribution in [3.05, 3.63) is 35.4 Å². The zero-order valence-corrected chi connectivity index (χ0v) is 7.53. The molecule has 0 fully saturated rings. The van der Waals surface area contributed by atoms with Crippen LogP contribution in [0.5, 0.6) is 5.75 Å². The zero-order chi connectivity index (χ0) is 9.26. The summed E-state index contributed by atoms with van der Waals surface area (Å²) in [5.74, 6) is 0.799. The fourth-order valence-corrected chi connectivity index (χ4v) is 1.57. The summed E-state index contributed by atoms with van der Waals surface area (Å²) in [5, 5.41) is 9.67. The molecule has 2 heteroatoms. The third-order valence-electron chi connectivity index (χ3n) is 2.31. The van der Waals surface area contributed by atoms with Crippen molar-refractivity contribution in [2.45, 2.75) is 12.5 Å². The second kappa shape index (κ2) is 3.23. The van der Waals surface area contributed by atoms with Crippen molar-refractivity contribution in [1.29, 1.82) is 0 Å². The molecule has 0 aliphatic heterocycles. The number of benzene rings is 1. The van der Waals surface area contributed by atoms with Crippen LogP contribution < -0.4 is 4.74 Å². The summed E-state index contributed by atoms with van der Waals surface area (Å²) < 4.78 is 5.09. The maximum absolute atomic E-state index is 9.67. The molecule has 1 aromatic rings. The molecule has 2 nitrogen and oxygen atoms in total. The Hall–Kier alpha value is -1.28.